The summed E-state index contributed by atoms with van der Waals surface area (Å²) in [6.07, 6.45) is -1.68. The maximum absolute atomic E-state index is 12.9. The first-order valence-corrected chi connectivity index (χ1v) is 3.12. The Morgan fingerprint density at radius 2 is 2.40 bits per heavy atom. The first-order chi connectivity index (χ1) is 4.54. The van der Waals surface area contributed by atoms with Gasteiger partial charge < -0.3 is 5.32 Å². The average Bonchev–Trinajstić information content (AvgIpc) is 1.83. The van der Waals surface area contributed by atoms with Gasteiger partial charge in [-0.25, -0.2) is 8.78 Å². The molecule has 2 unspecified atom stereocenters. The molecule has 4 heteroatoms. The lowest BCUT2D eigenvalue weighted by molar-refractivity contribution is -0.136. The van der Waals surface area contributed by atoms with Crippen molar-refractivity contribution in [1.29, 1.82) is 0 Å². The van der Waals surface area contributed by atoms with Gasteiger partial charge in [-0.2, -0.15) is 0 Å². The Labute approximate surface area is 57.6 Å². The summed E-state index contributed by atoms with van der Waals surface area (Å²) < 4.78 is 25.3. The molecule has 1 aliphatic heterocycles. The predicted octanol–water partition coefficient (Wildman–Crippen LogP) is 0.225. The van der Waals surface area contributed by atoms with Crippen LogP contribution in [0.1, 0.15) is 6.92 Å². The van der Waals surface area contributed by atoms with Gasteiger partial charge in [-0.1, -0.05) is 0 Å². The van der Waals surface area contributed by atoms with E-state index in [1.54, 1.807) is 0 Å². The number of ketones is 1. The molecule has 0 aromatic carbocycles. The molecular weight excluding hydrogens is 140 g/mol. The maximum atomic E-state index is 12.9. The van der Waals surface area contributed by atoms with Gasteiger partial charge in [-0.3, -0.25) is 4.79 Å². The lowest BCUT2D eigenvalue weighted by atomic mass is 9.96. The zero-order chi connectivity index (χ0) is 7.78. The molecule has 1 rings (SSSR count). The molecule has 1 heterocycles. The van der Waals surface area contributed by atoms with Crippen LogP contribution in [0.5, 0.6) is 0 Å². The number of halogens is 2. The van der Waals surface area contributed by atoms with Crippen LogP contribution < -0.4 is 5.32 Å². The van der Waals surface area contributed by atoms with Gasteiger partial charge in [0.1, 0.15) is 0 Å². The van der Waals surface area contributed by atoms with Crippen molar-refractivity contribution >= 4 is 5.78 Å². The van der Waals surface area contributed by atoms with Crippen LogP contribution in [0.2, 0.25) is 0 Å². The Morgan fingerprint density at radius 1 is 1.80 bits per heavy atom. The van der Waals surface area contributed by atoms with Crippen molar-refractivity contribution in [3.8, 4) is 0 Å². The Bertz CT molecular complexity index is 158. The minimum atomic E-state index is -2.02. The number of Topliss-reactive ketones (excluding diaryl/α,β-unsaturated/α-hetero) is 1. The van der Waals surface area contributed by atoms with E-state index in [2.05, 4.69) is 5.32 Å². The van der Waals surface area contributed by atoms with Crippen molar-refractivity contribution in [2.24, 2.45) is 0 Å². The summed E-state index contributed by atoms with van der Waals surface area (Å²) in [4.78, 5) is 10.7. The maximum Gasteiger partial charge on any atom is 0.206 e. The number of piperidine rings is 1. The highest BCUT2D eigenvalue weighted by Gasteiger charge is 2.41. The fourth-order valence-electron chi connectivity index (χ4n) is 0.940. The van der Waals surface area contributed by atoms with Crippen LogP contribution in [-0.2, 0) is 4.79 Å². The van der Waals surface area contributed by atoms with Crippen LogP contribution in [-0.4, -0.2) is 30.7 Å². The van der Waals surface area contributed by atoms with Crippen LogP contribution >= 0.6 is 0 Å². The number of nitrogens with one attached hydrogen (secondary N) is 1. The molecule has 2 atom stereocenters. The van der Waals surface area contributed by atoms with Gasteiger partial charge in [0.05, 0.1) is 0 Å². The van der Waals surface area contributed by atoms with Crippen LogP contribution in [0.4, 0.5) is 8.78 Å². The van der Waals surface area contributed by atoms with E-state index in [9.17, 15) is 13.6 Å². The van der Waals surface area contributed by atoms with Gasteiger partial charge in [0.25, 0.3) is 0 Å². The van der Waals surface area contributed by atoms with Gasteiger partial charge in [-0.15, -0.1) is 0 Å². The number of hydrogen-bond donors (Lipinski definition) is 1. The second kappa shape index (κ2) is 2.27. The van der Waals surface area contributed by atoms with Gasteiger partial charge in [-0.05, 0) is 6.92 Å². The summed E-state index contributed by atoms with van der Waals surface area (Å²) in [5.41, 5.74) is -2.02. The molecule has 0 spiro atoms. The topological polar surface area (TPSA) is 29.1 Å². The molecule has 0 radical (unpaired) electrons. The lowest BCUT2D eigenvalue weighted by Gasteiger charge is -2.26. The monoisotopic (exact) mass is 149 g/mol. The molecule has 0 saturated carbocycles. The van der Waals surface area contributed by atoms with E-state index in [0.717, 1.165) is 6.92 Å². The van der Waals surface area contributed by atoms with E-state index in [0.29, 0.717) is 0 Å². The van der Waals surface area contributed by atoms with Crippen molar-refractivity contribution < 1.29 is 13.6 Å². The summed E-state index contributed by atoms with van der Waals surface area (Å²) in [6.45, 7) is 0.957. The Balaban J connectivity index is 2.70. The number of alkyl halides is 2. The number of hydrogen-bond acceptors (Lipinski definition) is 2. The van der Waals surface area contributed by atoms with Crippen LogP contribution in [0.15, 0.2) is 0 Å². The Kier molecular flexibility index (Phi) is 1.72. The fourth-order valence-corrected chi connectivity index (χ4v) is 0.940. The van der Waals surface area contributed by atoms with Crippen molar-refractivity contribution in [3.63, 3.8) is 0 Å². The fraction of sp³-hybridized carbons (Fsp3) is 0.833. The largest absolute Gasteiger partial charge is 0.310 e. The summed E-state index contributed by atoms with van der Waals surface area (Å²) >= 11 is 0. The summed E-state index contributed by atoms with van der Waals surface area (Å²) in [5.74, 6) is -0.939. The first kappa shape index (κ1) is 7.60. The summed E-state index contributed by atoms with van der Waals surface area (Å²) in [7, 11) is 0. The molecular formula is C6H9F2NO. The highest BCUT2D eigenvalue weighted by molar-refractivity contribution is 5.91. The molecule has 0 amide bonds. The van der Waals surface area contributed by atoms with Crippen molar-refractivity contribution in [2.75, 3.05) is 13.1 Å². The minimum Gasteiger partial charge on any atom is -0.310 e. The normalized spacial score (nSPS) is 41.9. The molecule has 58 valence electrons. The number of carbonyl (C=O) groups excluding carboxylic acids is 1. The number of rotatable bonds is 0. The SMILES string of the molecule is CC1(F)CNCC(F)C1=O. The third-order valence-corrected chi connectivity index (χ3v) is 1.58. The molecule has 0 aliphatic carbocycles. The van der Waals surface area contributed by atoms with E-state index >= 15 is 0 Å². The van der Waals surface area contributed by atoms with Crippen LogP contribution in [0.25, 0.3) is 0 Å². The molecule has 1 aliphatic rings. The second-order valence-corrected chi connectivity index (χ2v) is 2.66. The molecule has 2 nitrogen and oxygen atoms in total. The molecule has 0 aromatic heterocycles. The minimum absolute atomic E-state index is 0.0572. The van der Waals surface area contributed by atoms with Gasteiger partial charge in [0.15, 0.2) is 11.8 Å². The van der Waals surface area contributed by atoms with Gasteiger partial charge in [0.2, 0.25) is 5.78 Å². The number of carbonyl (C=O) groups is 1. The summed E-state index contributed by atoms with van der Waals surface area (Å²) in [6, 6.07) is 0. The van der Waals surface area contributed by atoms with E-state index < -0.39 is 17.6 Å². The average molecular weight is 149 g/mol. The molecule has 1 fully saturated rings. The molecule has 0 aromatic rings. The third kappa shape index (κ3) is 1.16. The molecule has 0 bridgehead atoms. The smallest absolute Gasteiger partial charge is 0.206 e. The first-order valence-electron chi connectivity index (χ1n) is 3.12. The summed E-state index contributed by atoms with van der Waals surface area (Å²) in [5, 5.41) is 2.48. The van der Waals surface area contributed by atoms with Crippen molar-refractivity contribution in [2.45, 2.75) is 18.8 Å². The van der Waals surface area contributed by atoms with Crippen molar-refractivity contribution in [3.05, 3.63) is 0 Å². The predicted molar refractivity (Wildman–Crippen MR) is 32.3 cm³/mol. The second-order valence-electron chi connectivity index (χ2n) is 2.66. The molecule has 1 N–H and O–H groups in total. The lowest BCUT2D eigenvalue weighted by Crippen LogP contribution is -2.54. The van der Waals surface area contributed by atoms with E-state index in [1.165, 1.54) is 0 Å². The Hall–Kier alpha value is -0.510. The quantitative estimate of drug-likeness (QED) is 0.534. The standard InChI is InChI=1S/C6H9F2NO/c1-6(8)3-9-2-4(7)5(6)10/h4,9H,2-3H2,1H3. The van der Waals surface area contributed by atoms with E-state index in [-0.39, 0.29) is 13.1 Å². The highest BCUT2D eigenvalue weighted by atomic mass is 19.2. The van der Waals surface area contributed by atoms with E-state index in [4.69, 9.17) is 0 Å². The van der Waals surface area contributed by atoms with Gasteiger partial charge in [0, 0.05) is 13.1 Å². The highest BCUT2D eigenvalue weighted by Crippen LogP contribution is 2.17. The van der Waals surface area contributed by atoms with E-state index in [1.807, 2.05) is 0 Å². The Morgan fingerprint density at radius 3 is 2.80 bits per heavy atom. The molecule has 1 saturated heterocycles. The van der Waals surface area contributed by atoms with Gasteiger partial charge >= 0.3 is 0 Å². The zero-order valence-electron chi connectivity index (χ0n) is 5.66. The van der Waals surface area contributed by atoms with Crippen molar-refractivity contribution in [1.82, 2.24) is 5.32 Å². The van der Waals surface area contributed by atoms with Crippen LogP contribution in [0.3, 0.4) is 0 Å². The zero-order valence-corrected chi connectivity index (χ0v) is 5.66. The van der Waals surface area contributed by atoms with Crippen LogP contribution in [0, 0.1) is 0 Å². The third-order valence-electron chi connectivity index (χ3n) is 1.58. The molecule has 10 heavy (non-hydrogen) atoms.